The number of hydrogen-bond donors (Lipinski definition) is 2. The molecule has 15 heavy (non-hydrogen) atoms. The molecule has 4 nitrogen and oxygen atoms in total. The third-order valence-electron chi connectivity index (χ3n) is 1.74. The van der Waals surface area contributed by atoms with Crippen LogP contribution in [0.5, 0.6) is 0 Å². The predicted molar refractivity (Wildman–Crippen MR) is 61.6 cm³/mol. The first-order valence-electron chi connectivity index (χ1n) is 4.47. The van der Waals surface area contributed by atoms with E-state index < -0.39 is 11.2 Å². The summed E-state index contributed by atoms with van der Waals surface area (Å²) in [6.07, 6.45) is 8.20. The molecule has 78 valence electrons. The average Bonchev–Trinajstić information content (AvgIpc) is 2.17. The molecule has 0 radical (unpaired) electrons. The zero-order valence-corrected chi connectivity index (χ0v) is 8.41. The summed E-state index contributed by atoms with van der Waals surface area (Å²) in [4.78, 5) is 27.2. The van der Waals surface area contributed by atoms with Crippen molar-refractivity contribution in [3.8, 4) is 0 Å². The lowest BCUT2D eigenvalue weighted by atomic mass is 10.2. The van der Waals surface area contributed by atoms with E-state index in [2.05, 4.69) is 16.5 Å². The van der Waals surface area contributed by atoms with Crippen LogP contribution in [0.3, 0.4) is 0 Å². The van der Waals surface area contributed by atoms with Crippen molar-refractivity contribution in [2.45, 2.75) is 6.92 Å². The molecule has 2 N–H and O–H groups in total. The zero-order chi connectivity index (χ0) is 11.3. The smallest absolute Gasteiger partial charge is 0.307 e. The van der Waals surface area contributed by atoms with Crippen LogP contribution >= 0.6 is 0 Å². The lowest BCUT2D eigenvalue weighted by molar-refractivity contribution is 1.02. The highest BCUT2D eigenvalue weighted by molar-refractivity contribution is 5.61. The van der Waals surface area contributed by atoms with Gasteiger partial charge < -0.3 is 4.98 Å². The van der Waals surface area contributed by atoms with Crippen LogP contribution < -0.4 is 11.2 Å². The number of rotatable bonds is 3. The molecule has 1 heterocycles. The van der Waals surface area contributed by atoms with E-state index in [1.807, 2.05) is 0 Å². The standard InChI is InChI=1S/C11H12N2O2/c1-3-5-7-8-9(6-4-2)12-11(15)13-10(8)14/h3-7H,1H2,2H3,(H2,12,13,14,15)/b6-4-,7-5-. The fourth-order valence-corrected chi connectivity index (χ4v) is 1.14. The lowest BCUT2D eigenvalue weighted by Gasteiger charge is -1.98. The Hall–Kier alpha value is -2.10. The minimum atomic E-state index is -0.510. The van der Waals surface area contributed by atoms with Gasteiger partial charge in [0.15, 0.2) is 0 Å². The number of allylic oxidation sites excluding steroid dienone is 3. The molecule has 0 aliphatic rings. The van der Waals surface area contributed by atoms with E-state index in [-0.39, 0.29) is 0 Å². The van der Waals surface area contributed by atoms with Crippen LogP contribution in [0.2, 0.25) is 0 Å². The van der Waals surface area contributed by atoms with Crippen molar-refractivity contribution in [2.75, 3.05) is 0 Å². The Bertz CT molecular complexity index is 518. The van der Waals surface area contributed by atoms with Crippen LogP contribution in [0.25, 0.3) is 12.2 Å². The summed E-state index contributed by atoms with van der Waals surface area (Å²) in [7, 11) is 0. The van der Waals surface area contributed by atoms with Gasteiger partial charge in [0.2, 0.25) is 0 Å². The van der Waals surface area contributed by atoms with E-state index in [4.69, 9.17) is 0 Å². The molecule has 0 unspecified atom stereocenters. The molecule has 0 saturated heterocycles. The first kappa shape index (κ1) is 11.0. The minimum absolute atomic E-state index is 0.410. The molecule has 0 bridgehead atoms. The number of aromatic amines is 2. The molecule has 4 heteroatoms. The van der Waals surface area contributed by atoms with Gasteiger partial charge >= 0.3 is 5.69 Å². The second kappa shape index (κ2) is 4.95. The molecule has 1 aromatic heterocycles. The normalized spacial score (nSPS) is 11.3. The summed E-state index contributed by atoms with van der Waals surface area (Å²) in [6, 6.07) is 0. The molecule has 0 aromatic carbocycles. The Morgan fingerprint density at radius 1 is 1.20 bits per heavy atom. The first-order chi connectivity index (χ1) is 7.19. The van der Waals surface area contributed by atoms with Gasteiger partial charge in [-0.15, -0.1) is 0 Å². The Balaban J connectivity index is 3.46. The molecular formula is C11H12N2O2. The Morgan fingerprint density at radius 2 is 1.93 bits per heavy atom. The summed E-state index contributed by atoms with van der Waals surface area (Å²) in [5, 5.41) is 0. The van der Waals surface area contributed by atoms with Crippen molar-refractivity contribution in [1.82, 2.24) is 9.97 Å². The van der Waals surface area contributed by atoms with Crippen LogP contribution in [0.4, 0.5) is 0 Å². The maximum absolute atomic E-state index is 11.4. The SMILES string of the molecule is C=C/C=C\c1c(/C=C\C)[nH]c(=O)[nH]c1=O. The molecule has 1 aromatic rings. The summed E-state index contributed by atoms with van der Waals surface area (Å²) in [5.41, 5.74) is -0.0225. The van der Waals surface area contributed by atoms with Gasteiger partial charge in [-0.05, 0) is 19.1 Å². The topological polar surface area (TPSA) is 65.7 Å². The monoisotopic (exact) mass is 204 g/mol. The van der Waals surface area contributed by atoms with Crippen molar-refractivity contribution in [3.63, 3.8) is 0 Å². The molecule has 0 aliphatic heterocycles. The van der Waals surface area contributed by atoms with Crippen molar-refractivity contribution >= 4 is 12.2 Å². The van der Waals surface area contributed by atoms with Gasteiger partial charge in [0, 0.05) is 0 Å². The van der Waals surface area contributed by atoms with E-state index in [0.717, 1.165) is 0 Å². The fourth-order valence-electron chi connectivity index (χ4n) is 1.14. The summed E-state index contributed by atoms with van der Waals surface area (Å²) in [6.45, 7) is 5.32. The van der Waals surface area contributed by atoms with Crippen molar-refractivity contribution < 1.29 is 0 Å². The van der Waals surface area contributed by atoms with Gasteiger partial charge in [-0.2, -0.15) is 0 Å². The molecule has 0 amide bonds. The fraction of sp³-hybridized carbons (Fsp3) is 0.0909. The minimum Gasteiger partial charge on any atom is -0.307 e. The Morgan fingerprint density at radius 3 is 2.53 bits per heavy atom. The van der Waals surface area contributed by atoms with Crippen LogP contribution in [-0.2, 0) is 0 Å². The maximum Gasteiger partial charge on any atom is 0.326 e. The van der Waals surface area contributed by atoms with E-state index in [0.29, 0.717) is 11.3 Å². The van der Waals surface area contributed by atoms with E-state index in [9.17, 15) is 9.59 Å². The second-order valence-corrected chi connectivity index (χ2v) is 2.83. The maximum atomic E-state index is 11.4. The van der Waals surface area contributed by atoms with Crippen molar-refractivity contribution in [2.24, 2.45) is 0 Å². The number of aromatic nitrogens is 2. The molecule has 0 fully saturated rings. The quantitative estimate of drug-likeness (QED) is 0.729. The van der Waals surface area contributed by atoms with Crippen LogP contribution in [0.15, 0.2) is 34.4 Å². The highest BCUT2D eigenvalue weighted by atomic mass is 16.2. The van der Waals surface area contributed by atoms with Gasteiger partial charge in [0.25, 0.3) is 5.56 Å². The highest BCUT2D eigenvalue weighted by Crippen LogP contribution is 2.02. The van der Waals surface area contributed by atoms with E-state index in [1.165, 1.54) is 0 Å². The van der Waals surface area contributed by atoms with E-state index >= 15 is 0 Å². The lowest BCUT2D eigenvalue weighted by Crippen LogP contribution is -2.25. The Labute approximate surface area is 86.7 Å². The molecule has 0 aliphatic carbocycles. The van der Waals surface area contributed by atoms with Gasteiger partial charge in [0.1, 0.15) is 0 Å². The number of H-pyrrole nitrogens is 2. The van der Waals surface area contributed by atoms with E-state index in [1.54, 1.807) is 37.3 Å². The summed E-state index contributed by atoms with van der Waals surface area (Å²) in [5.74, 6) is 0. The molecule has 1 rings (SSSR count). The highest BCUT2D eigenvalue weighted by Gasteiger charge is 2.02. The predicted octanol–water partition coefficient (Wildman–Crippen LogP) is 1.30. The number of nitrogens with one attached hydrogen (secondary N) is 2. The second-order valence-electron chi connectivity index (χ2n) is 2.83. The third kappa shape index (κ3) is 2.67. The van der Waals surface area contributed by atoms with Crippen LogP contribution in [0, 0.1) is 0 Å². The van der Waals surface area contributed by atoms with Gasteiger partial charge in [-0.1, -0.05) is 24.8 Å². The zero-order valence-electron chi connectivity index (χ0n) is 8.41. The summed E-state index contributed by atoms with van der Waals surface area (Å²) < 4.78 is 0. The first-order valence-corrected chi connectivity index (χ1v) is 4.47. The van der Waals surface area contributed by atoms with Crippen molar-refractivity contribution in [3.05, 3.63) is 56.9 Å². The van der Waals surface area contributed by atoms with Gasteiger partial charge in [-0.25, -0.2) is 4.79 Å². The van der Waals surface area contributed by atoms with Crippen molar-refractivity contribution in [1.29, 1.82) is 0 Å². The van der Waals surface area contributed by atoms with Crippen LogP contribution in [-0.4, -0.2) is 9.97 Å². The average molecular weight is 204 g/mol. The molecule has 0 atom stereocenters. The number of hydrogen-bond acceptors (Lipinski definition) is 2. The Kier molecular flexibility index (Phi) is 3.62. The van der Waals surface area contributed by atoms with Gasteiger partial charge in [-0.3, -0.25) is 9.78 Å². The summed E-state index contributed by atoms with van der Waals surface area (Å²) >= 11 is 0. The van der Waals surface area contributed by atoms with Gasteiger partial charge in [0.05, 0.1) is 11.3 Å². The largest absolute Gasteiger partial charge is 0.326 e. The molecule has 0 saturated carbocycles. The van der Waals surface area contributed by atoms with Crippen LogP contribution in [0.1, 0.15) is 18.2 Å². The molecule has 0 spiro atoms. The molecular weight excluding hydrogens is 192 g/mol. The third-order valence-corrected chi connectivity index (χ3v) is 1.74.